The Labute approximate surface area is 138 Å². The summed E-state index contributed by atoms with van der Waals surface area (Å²) in [6.45, 7) is 10.2. The molecule has 0 bridgehead atoms. The first-order valence-electron chi connectivity index (χ1n) is 8.30. The van der Waals surface area contributed by atoms with Crippen molar-refractivity contribution in [2.24, 2.45) is 0 Å². The summed E-state index contributed by atoms with van der Waals surface area (Å²) in [6, 6.07) is 7.82. The van der Waals surface area contributed by atoms with Crippen LogP contribution in [0.2, 0.25) is 0 Å². The van der Waals surface area contributed by atoms with Crippen LogP contribution in [0.1, 0.15) is 56.5 Å². The first kappa shape index (κ1) is 17.7. The van der Waals surface area contributed by atoms with Crippen molar-refractivity contribution in [2.45, 2.75) is 52.0 Å². The Morgan fingerprint density at radius 1 is 1.17 bits per heavy atom. The molecule has 0 aromatic heterocycles. The van der Waals surface area contributed by atoms with E-state index in [-0.39, 0.29) is 36.0 Å². The lowest BCUT2D eigenvalue weighted by atomic mass is 9.86. The monoisotopic (exact) mass is 317 g/mol. The fraction of sp³-hybridized carbons (Fsp3) is 0.579. The topological polar surface area (TPSA) is 46.6 Å². The third-order valence-corrected chi connectivity index (χ3v) is 4.33. The first-order valence-corrected chi connectivity index (χ1v) is 8.30. The second kappa shape index (κ2) is 7.26. The summed E-state index contributed by atoms with van der Waals surface area (Å²) in [6.07, 6.45) is 0.530. The van der Waals surface area contributed by atoms with Gasteiger partial charge in [-0.25, -0.2) is 0 Å². The normalized spacial score (nSPS) is 18.8. The molecular formula is C19H27NO3. The van der Waals surface area contributed by atoms with E-state index in [2.05, 4.69) is 20.8 Å². The highest BCUT2D eigenvalue weighted by Crippen LogP contribution is 2.22. The Balaban J connectivity index is 1.90. The van der Waals surface area contributed by atoms with Crippen LogP contribution in [-0.2, 0) is 14.9 Å². The standard InChI is InChI=1S/C19H27NO3/c1-14-13-23-12-11-20(14)18(22)10-9-17(21)15-5-7-16(8-6-15)19(2,3)4/h5-8,14H,9-13H2,1-4H3. The third kappa shape index (κ3) is 4.64. The van der Waals surface area contributed by atoms with E-state index in [1.54, 1.807) is 0 Å². The molecule has 0 aliphatic carbocycles. The SMILES string of the molecule is CC1COCCN1C(=O)CCC(=O)c1ccc(C(C)(C)C)cc1. The van der Waals surface area contributed by atoms with Crippen molar-refractivity contribution < 1.29 is 14.3 Å². The Morgan fingerprint density at radius 3 is 2.39 bits per heavy atom. The van der Waals surface area contributed by atoms with Crippen LogP contribution in [0, 0.1) is 0 Å². The zero-order valence-electron chi connectivity index (χ0n) is 14.6. The fourth-order valence-electron chi connectivity index (χ4n) is 2.76. The molecule has 0 spiro atoms. The molecule has 1 aliphatic heterocycles. The summed E-state index contributed by atoms with van der Waals surface area (Å²) >= 11 is 0. The van der Waals surface area contributed by atoms with E-state index in [0.29, 0.717) is 25.3 Å². The van der Waals surface area contributed by atoms with Crippen molar-refractivity contribution in [1.29, 1.82) is 0 Å². The van der Waals surface area contributed by atoms with Gasteiger partial charge in [-0.3, -0.25) is 9.59 Å². The Bertz CT molecular complexity index is 557. The Hall–Kier alpha value is -1.68. The lowest BCUT2D eigenvalue weighted by Crippen LogP contribution is -2.47. The number of hydrogen-bond acceptors (Lipinski definition) is 3. The van der Waals surface area contributed by atoms with Gasteiger partial charge in [-0.1, -0.05) is 45.0 Å². The van der Waals surface area contributed by atoms with Crippen LogP contribution in [0.15, 0.2) is 24.3 Å². The summed E-state index contributed by atoms with van der Waals surface area (Å²) < 4.78 is 5.33. The van der Waals surface area contributed by atoms with E-state index >= 15 is 0 Å². The maximum absolute atomic E-state index is 12.3. The number of benzene rings is 1. The second-order valence-corrected chi connectivity index (χ2v) is 7.26. The Morgan fingerprint density at radius 2 is 1.83 bits per heavy atom. The summed E-state index contributed by atoms with van der Waals surface area (Å²) in [5, 5.41) is 0. The van der Waals surface area contributed by atoms with Gasteiger partial charge < -0.3 is 9.64 Å². The number of nitrogens with zero attached hydrogens (tertiary/aromatic N) is 1. The molecule has 1 saturated heterocycles. The molecule has 1 fully saturated rings. The molecule has 0 radical (unpaired) electrons. The maximum atomic E-state index is 12.3. The predicted molar refractivity (Wildman–Crippen MR) is 90.7 cm³/mol. The summed E-state index contributed by atoms with van der Waals surface area (Å²) in [7, 11) is 0. The van der Waals surface area contributed by atoms with E-state index in [1.807, 2.05) is 36.1 Å². The molecule has 1 aromatic rings. The van der Waals surface area contributed by atoms with Gasteiger partial charge in [0.05, 0.1) is 19.3 Å². The lowest BCUT2D eigenvalue weighted by Gasteiger charge is -2.33. The highest BCUT2D eigenvalue weighted by atomic mass is 16.5. The van der Waals surface area contributed by atoms with E-state index in [4.69, 9.17) is 4.74 Å². The second-order valence-electron chi connectivity index (χ2n) is 7.26. The summed E-state index contributed by atoms with van der Waals surface area (Å²) in [5.41, 5.74) is 1.96. The summed E-state index contributed by atoms with van der Waals surface area (Å²) in [5.74, 6) is 0.0696. The van der Waals surface area contributed by atoms with Crippen molar-refractivity contribution in [3.8, 4) is 0 Å². The molecule has 4 heteroatoms. The number of ether oxygens (including phenoxy) is 1. The lowest BCUT2D eigenvalue weighted by molar-refractivity contribution is -0.139. The van der Waals surface area contributed by atoms with Crippen LogP contribution in [0.3, 0.4) is 0 Å². The number of rotatable bonds is 4. The van der Waals surface area contributed by atoms with Gasteiger partial charge in [0, 0.05) is 24.9 Å². The number of ketones is 1. The van der Waals surface area contributed by atoms with Crippen LogP contribution in [-0.4, -0.2) is 42.4 Å². The minimum atomic E-state index is 0.0275. The third-order valence-electron chi connectivity index (χ3n) is 4.33. The van der Waals surface area contributed by atoms with E-state index in [0.717, 1.165) is 0 Å². The highest BCUT2D eigenvalue weighted by Gasteiger charge is 2.24. The van der Waals surface area contributed by atoms with E-state index in [9.17, 15) is 9.59 Å². The smallest absolute Gasteiger partial charge is 0.223 e. The number of carbonyl (C=O) groups is 2. The molecule has 1 heterocycles. The van der Waals surface area contributed by atoms with Gasteiger partial charge in [-0.05, 0) is 17.9 Å². The van der Waals surface area contributed by atoms with Crippen molar-refractivity contribution in [1.82, 2.24) is 4.90 Å². The van der Waals surface area contributed by atoms with Crippen LogP contribution in [0.5, 0.6) is 0 Å². The minimum absolute atomic E-state index is 0.0275. The van der Waals surface area contributed by atoms with Gasteiger partial charge in [-0.2, -0.15) is 0 Å². The number of morpholine rings is 1. The van der Waals surface area contributed by atoms with Gasteiger partial charge >= 0.3 is 0 Å². The average molecular weight is 317 g/mol. The summed E-state index contributed by atoms with van der Waals surface area (Å²) in [4.78, 5) is 26.3. The molecular weight excluding hydrogens is 290 g/mol. The number of hydrogen-bond donors (Lipinski definition) is 0. The van der Waals surface area contributed by atoms with Crippen molar-refractivity contribution >= 4 is 11.7 Å². The fourth-order valence-corrected chi connectivity index (χ4v) is 2.76. The zero-order chi connectivity index (χ0) is 17.0. The molecule has 0 N–H and O–H groups in total. The van der Waals surface area contributed by atoms with Gasteiger partial charge in [0.25, 0.3) is 0 Å². The van der Waals surface area contributed by atoms with Gasteiger partial charge in [0.1, 0.15) is 0 Å². The molecule has 126 valence electrons. The molecule has 1 aliphatic rings. The minimum Gasteiger partial charge on any atom is -0.377 e. The van der Waals surface area contributed by atoms with Crippen LogP contribution in [0.25, 0.3) is 0 Å². The Kier molecular flexibility index (Phi) is 5.58. The van der Waals surface area contributed by atoms with E-state index < -0.39 is 0 Å². The number of carbonyl (C=O) groups excluding carboxylic acids is 2. The quantitative estimate of drug-likeness (QED) is 0.801. The highest BCUT2D eigenvalue weighted by molar-refractivity contribution is 5.98. The van der Waals surface area contributed by atoms with Crippen LogP contribution in [0.4, 0.5) is 0 Å². The molecule has 23 heavy (non-hydrogen) atoms. The zero-order valence-corrected chi connectivity index (χ0v) is 14.6. The van der Waals surface area contributed by atoms with Gasteiger partial charge in [0.2, 0.25) is 5.91 Å². The number of amides is 1. The van der Waals surface area contributed by atoms with Crippen LogP contribution >= 0.6 is 0 Å². The maximum Gasteiger partial charge on any atom is 0.223 e. The van der Waals surface area contributed by atoms with Crippen LogP contribution < -0.4 is 0 Å². The van der Waals surface area contributed by atoms with Crippen molar-refractivity contribution in [2.75, 3.05) is 19.8 Å². The average Bonchev–Trinajstić information content (AvgIpc) is 2.52. The molecule has 1 atom stereocenters. The van der Waals surface area contributed by atoms with Gasteiger partial charge in [0.15, 0.2) is 5.78 Å². The molecule has 1 aromatic carbocycles. The molecule has 1 amide bonds. The molecule has 0 saturated carbocycles. The van der Waals surface area contributed by atoms with Crippen molar-refractivity contribution in [3.63, 3.8) is 0 Å². The molecule has 2 rings (SSSR count). The molecule has 4 nitrogen and oxygen atoms in total. The van der Waals surface area contributed by atoms with Gasteiger partial charge in [-0.15, -0.1) is 0 Å². The largest absolute Gasteiger partial charge is 0.377 e. The first-order chi connectivity index (χ1) is 10.8. The molecule has 1 unspecified atom stereocenters. The predicted octanol–water partition coefficient (Wildman–Crippen LogP) is 3.19. The number of Topliss-reactive ketones (excluding diaryl/α,β-unsaturated/α-hetero) is 1. The van der Waals surface area contributed by atoms with Crippen molar-refractivity contribution in [3.05, 3.63) is 35.4 Å². The van der Waals surface area contributed by atoms with E-state index in [1.165, 1.54) is 5.56 Å².